The Balaban J connectivity index is 2.36. The van der Waals surface area contributed by atoms with Gasteiger partial charge in [0.1, 0.15) is 0 Å². The summed E-state index contributed by atoms with van der Waals surface area (Å²) in [5.74, 6) is 0. The van der Waals surface area contributed by atoms with Crippen molar-refractivity contribution in [2.24, 2.45) is 5.73 Å². The minimum absolute atomic E-state index is 0.292. The highest BCUT2D eigenvalue weighted by molar-refractivity contribution is 5.34. The molecule has 2 atom stereocenters. The fourth-order valence-electron chi connectivity index (χ4n) is 1.50. The van der Waals surface area contributed by atoms with E-state index in [0.717, 1.165) is 11.1 Å². The van der Waals surface area contributed by atoms with Gasteiger partial charge in [0.15, 0.2) is 5.67 Å². The number of nitrogens with two attached hydrogens (primary N) is 1. The molecule has 12 heavy (non-hydrogen) atoms. The Hall–Kier alpha value is -0.890. The van der Waals surface area contributed by atoms with E-state index in [1.54, 1.807) is 6.07 Å². The molecule has 0 aromatic heterocycles. The third-order valence-electron chi connectivity index (χ3n) is 2.44. The summed E-state index contributed by atoms with van der Waals surface area (Å²) in [6, 6.07) is 7.21. The molecule has 0 heterocycles. The Morgan fingerprint density at radius 3 is 2.75 bits per heavy atom. The maximum atomic E-state index is 13.7. The van der Waals surface area contributed by atoms with Crippen molar-refractivity contribution >= 4 is 0 Å². The lowest BCUT2D eigenvalue weighted by Crippen LogP contribution is -2.13. The van der Waals surface area contributed by atoms with E-state index in [0.29, 0.717) is 6.42 Å². The van der Waals surface area contributed by atoms with Crippen LogP contribution in [0.25, 0.3) is 0 Å². The molecule has 1 fully saturated rings. The van der Waals surface area contributed by atoms with Crippen LogP contribution in [0, 0.1) is 6.92 Å². The molecule has 0 unspecified atom stereocenters. The van der Waals surface area contributed by atoms with Crippen LogP contribution >= 0.6 is 0 Å². The molecule has 0 aliphatic heterocycles. The molecule has 1 aromatic carbocycles. The van der Waals surface area contributed by atoms with E-state index in [1.807, 2.05) is 25.1 Å². The van der Waals surface area contributed by atoms with Crippen LogP contribution in [-0.4, -0.2) is 6.04 Å². The van der Waals surface area contributed by atoms with Crippen LogP contribution in [0.4, 0.5) is 4.39 Å². The molecule has 1 aliphatic rings. The highest BCUT2D eigenvalue weighted by Gasteiger charge is 2.54. The maximum Gasteiger partial charge on any atom is 0.152 e. The third-order valence-corrected chi connectivity index (χ3v) is 2.44. The Labute approximate surface area is 71.4 Å². The number of hydrogen-bond donors (Lipinski definition) is 1. The Morgan fingerprint density at radius 1 is 1.58 bits per heavy atom. The van der Waals surface area contributed by atoms with E-state index in [-0.39, 0.29) is 6.04 Å². The van der Waals surface area contributed by atoms with Gasteiger partial charge in [-0.15, -0.1) is 0 Å². The first-order valence-electron chi connectivity index (χ1n) is 4.14. The molecule has 0 radical (unpaired) electrons. The van der Waals surface area contributed by atoms with Crippen LogP contribution in [0.2, 0.25) is 0 Å². The van der Waals surface area contributed by atoms with E-state index >= 15 is 0 Å². The van der Waals surface area contributed by atoms with Crippen molar-refractivity contribution in [2.75, 3.05) is 0 Å². The van der Waals surface area contributed by atoms with Crippen molar-refractivity contribution in [1.29, 1.82) is 0 Å². The van der Waals surface area contributed by atoms with Crippen molar-refractivity contribution in [1.82, 2.24) is 0 Å². The number of rotatable bonds is 1. The van der Waals surface area contributed by atoms with Crippen molar-refractivity contribution in [3.8, 4) is 0 Å². The summed E-state index contributed by atoms with van der Waals surface area (Å²) in [4.78, 5) is 0. The van der Waals surface area contributed by atoms with Gasteiger partial charge >= 0.3 is 0 Å². The summed E-state index contributed by atoms with van der Waals surface area (Å²) in [7, 11) is 0. The maximum absolute atomic E-state index is 13.7. The molecule has 0 bridgehead atoms. The average molecular weight is 165 g/mol. The molecule has 1 aliphatic carbocycles. The molecular formula is C10H12FN. The summed E-state index contributed by atoms with van der Waals surface area (Å²) in [5.41, 5.74) is 6.10. The fraction of sp³-hybridized carbons (Fsp3) is 0.400. The monoisotopic (exact) mass is 165 g/mol. The van der Waals surface area contributed by atoms with E-state index in [9.17, 15) is 4.39 Å². The van der Waals surface area contributed by atoms with Crippen LogP contribution in [-0.2, 0) is 5.67 Å². The summed E-state index contributed by atoms with van der Waals surface area (Å²) in [5, 5.41) is 0. The van der Waals surface area contributed by atoms with Crippen LogP contribution in [0.5, 0.6) is 0 Å². The normalized spacial score (nSPS) is 33.4. The summed E-state index contributed by atoms with van der Waals surface area (Å²) in [6.45, 7) is 1.96. The van der Waals surface area contributed by atoms with Gasteiger partial charge in [-0.05, 0) is 12.5 Å². The molecule has 0 saturated heterocycles. The highest BCUT2D eigenvalue weighted by atomic mass is 19.1. The lowest BCUT2D eigenvalue weighted by Gasteiger charge is -2.06. The smallest absolute Gasteiger partial charge is 0.152 e. The predicted octanol–water partition coefficient (Wildman–Crippen LogP) is 1.89. The first-order valence-corrected chi connectivity index (χ1v) is 4.14. The number of halogens is 1. The van der Waals surface area contributed by atoms with Crippen LogP contribution in [0.15, 0.2) is 24.3 Å². The molecule has 0 amide bonds. The second-order valence-corrected chi connectivity index (χ2v) is 3.54. The van der Waals surface area contributed by atoms with Crippen molar-refractivity contribution < 1.29 is 4.39 Å². The molecule has 2 N–H and O–H groups in total. The van der Waals surface area contributed by atoms with Crippen molar-refractivity contribution in [2.45, 2.75) is 25.1 Å². The zero-order valence-electron chi connectivity index (χ0n) is 7.05. The second-order valence-electron chi connectivity index (χ2n) is 3.54. The zero-order chi connectivity index (χ0) is 8.77. The number of hydrogen-bond acceptors (Lipinski definition) is 1. The first kappa shape index (κ1) is 7.74. The van der Waals surface area contributed by atoms with Gasteiger partial charge in [-0.2, -0.15) is 0 Å². The van der Waals surface area contributed by atoms with Gasteiger partial charge in [-0.3, -0.25) is 0 Å². The van der Waals surface area contributed by atoms with Gasteiger partial charge in [0.25, 0.3) is 0 Å². The number of benzene rings is 1. The van der Waals surface area contributed by atoms with E-state index < -0.39 is 5.67 Å². The Kier molecular flexibility index (Phi) is 1.48. The van der Waals surface area contributed by atoms with Crippen molar-refractivity contribution in [3.63, 3.8) is 0 Å². The topological polar surface area (TPSA) is 26.0 Å². The average Bonchev–Trinajstić information content (AvgIpc) is 2.61. The Bertz CT molecular complexity index is 310. The molecule has 1 aromatic rings. The van der Waals surface area contributed by atoms with Gasteiger partial charge in [-0.25, -0.2) is 4.39 Å². The van der Waals surface area contributed by atoms with Gasteiger partial charge in [0.05, 0.1) is 0 Å². The lowest BCUT2D eigenvalue weighted by atomic mass is 10.1. The summed E-state index contributed by atoms with van der Waals surface area (Å²) >= 11 is 0. The first-order chi connectivity index (χ1) is 5.63. The van der Waals surface area contributed by atoms with Crippen LogP contribution in [0.3, 0.4) is 0 Å². The van der Waals surface area contributed by atoms with Gasteiger partial charge in [-0.1, -0.05) is 29.8 Å². The molecule has 2 rings (SSSR count). The predicted molar refractivity (Wildman–Crippen MR) is 46.6 cm³/mol. The third kappa shape index (κ3) is 1.03. The zero-order valence-corrected chi connectivity index (χ0v) is 7.05. The minimum Gasteiger partial charge on any atom is -0.325 e. The minimum atomic E-state index is -1.23. The van der Waals surface area contributed by atoms with Crippen LogP contribution in [0.1, 0.15) is 17.5 Å². The van der Waals surface area contributed by atoms with Gasteiger partial charge in [0.2, 0.25) is 0 Å². The SMILES string of the molecule is Cc1cccc([C@@]2(F)C[C@@H]2N)c1. The number of aryl methyl sites for hydroxylation is 1. The second kappa shape index (κ2) is 2.30. The molecule has 64 valence electrons. The fourth-order valence-corrected chi connectivity index (χ4v) is 1.50. The van der Waals surface area contributed by atoms with Gasteiger partial charge in [0, 0.05) is 12.5 Å². The standard InChI is InChI=1S/C10H12FN/c1-7-3-2-4-8(5-7)10(11)6-9(10)12/h2-5,9H,6,12H2,1H3/t9-,10-/m0/s1. The van der Waals surface area contributed by atoms with E-state index in [4.69, 9.17) is 5.73 Å². The molecule has 1 nitrogen and oxygen atoms in total. The van der Waals surface area contributed by atoms with Crippen LogP contribution < -0.4 is 5.73 Å². The molecular weight excluding hydrogens is 153 g/mol. The quantitative estimate of drug-likeness (QED) is 0.675. The van der Waals surface area contributed by atoms with Crippen molar-refractivity contribution in [3.05, 3.63) is 35.4 Å². The lowest BCUT2D eigenvalue weighted by molar-refractivity contribution is 0.306. The summed E-state index contributed by atoms with van der Waals surface area (Å²) < 4.78 is 13.7. The highest BCUT2D eigenvalue weighted by Crippen LogP contribution is 2.48. The van der Waals surface area contributed by atoms with E-state index in [2.05, 4.69) is 0 Å². The number of alkyl halides is 1. The van der Waals surface area contributed by atoms with E-state index in [1.165, 1.54) is 0 Å². The summed E-state index contributed by atoms with van der Waals surface area (Å²) in [6.07, 6.45) is 0.469. The molecule has 0 spiro atoms. The van der Waals surface area contributed by atoms with Gasteiger partial charge < -0.3 is 5.73 Å². The molecule has 1 saturated carbocycles. The largest absolute Gasteiger partial charge is 0.325 e. The molecule has 2 heteroatoms. The Morgan fingerprint density at radius 2 is 2.25 bits per heavy atom.